The molecule has 2 aromatic rings. The van der Waals surface area contributed by atoms with Gasteiger partial charge in [-0.05, 0) is 6.07 Å². The molecular weight excluding hydrogens is 212 g/mol. The van der Waals surface area contributed by atoms with Crippen molar-refractivity contribution in [3.05, 3.63) is 40.0 Å². The molecule has 1 unspecified atom stereocenters. The highest BCUT2D eigenvalue weighted by atomic mass is 35.5. The summed E-state index contributed by atoms with van der Waals surface area (Å²) in [6.07, 6.45) is 6.24. The molecule has 1 aliphatic rings. The fourth-order valence-electron chi connectivity index (χ4n) is 2.04. The number of H-pyrrole nitrogens is 2. The van der Waals surface area contributed by atoms with E-state index in [-0.39, 0.29) is 10.9 Å². The van der Waals surface area contributed by atoms with Crippen LogP contribution in [0.3, 0.4) is 0 Å². The lowest BCUT2D eigenvalue weighted by Gasteiger charge is -2.09. The summed E-state index contributed by atoms with van der Waals surface area (Å²) in [6, 6.07) is 1.87. The molecule has 4 heteroatoms. The van der Waals surface area contributed by atoms with Gasteiger partial charge in [-0.15, -0.1) is 11.6 Å². The summed E-state index contributed by atoms with van der Waals surface area (Å²) >= 11 is 6.02. The first kappa shape index (κ1) is 8.80. The molecule has 0 radical (unpaired) electrons. The highest BCUT2D eigenvalue weighted by molar-refractivity contribution is 6.22. The Hall–Kier alpha value is -1.48. The molecule has 3 nitrogen and oxygen atoms in total. The van der Waals surface area contributed by atoms with Crippen molar-refractivity contribution in [3.8, 4) is 0 Å². The van der Waals surface area contributed by atoms with Crippen molar-refractivity contribution < 1.29 is 0 Å². The molecular formula is C11H9ClN2O. The van der Waals surface area contributed by atoms with Gasteiger partial charge in [0.25, 0.3) is 5.56 Å². The third-order valence-electron chi connectivity index (χ3n) is 2.71. The third-order valence-corrected chi connectivity index (χ3v) is 3.01. The van der Waals surface area contributed by atoms with E-state index in [1.807, 2.05) is 18.2 Å². The Kier molecular flexibility index (Phi) is 1.76. The molecule has 0 spiro atoms. The zero-order valence-electron chi connectivity index (χ0n) is 7.88. The van der Waals surface area contributed by atoms with Crippen molar-refractivity contribution in [2.24, 2.45) is 0 Å². The first-order valence-electron chi connectivity index (χ1n) is 4.80. The molecule has 2 aromatic heterocycles. The van der Waals surface area contributed by atoms with Gasteiger partial charge >= 0.3 is 0 Å². The monoisotopic (exact) mass is 220 g/mol. The lowest BCUT2D eigenvalue weighted by atomic mass is 10.0. The van der Waals surface area contributed by atoms with Gasteiger partial charge in [0.2, 0.25) is 0 Å². The van der Waals surface area contributed by atoms with Crippen LogP contribution in [-0.4, -0.2) is 15.3 Å². The molecule has 76 valence electrons. The average Bonchev–Trinajstić information content (AvgIpc) is 2.56. The Morgan fingerprint density at radius 3 is 3.20 bits per heavy atom. The highest BCUT2D eigenvalue weighted by Crippen LogP contribution is 2.26. The summed E-state index contributed by atoms with van der Waals surface area (Å²) in [4.78, 5) is 17.6. The first-order valence-corrected chi connectivity index (χ1v) is 5.24. The van der Waals surface area contributed by atoms with Crippen LogP contribution in [0.25, 0.3) is 17.0 Å². The Morgan fingerprint density at radius 2 is 2.33 bits per heavy atom. The van der Waals surface area contributed by atoms with Gasteiger partial charge < -0.3 is 9.97 Å². The van der Waals surface area contributed by atoms with Crippen LogP contribution < -0.4 is 5.56 Å². The summed E-state index contributed by atoms with van der Waals surface area (Å²) in [7, 11) is 0. The lowest BCUT2D eigenvalue weighted by Crippen LogP contribution is -2.07. The Bertz CT molecular complexity index is 609. The minimum absolute atomic E-state index is 0.0182. The molecule has 0 aromatic carbocycles. The summed E-state index contributed by atoms with van der Waals surface area (Å²) in [6.45, 7) is 0. The Balaban J connectivity index is 2.41. The third kappa shape index (κ3) is 1.23. The summed E-state index contributed by atoms with van der Waals surface area (Å²) in [5.41, 5.74) is 2.84. The van der Waals surface area contributed by atoms with Crippen LogP contribution in [0.5, 0.6) is 0 Å². The molecule has 15 heavy (non-hydrogen) atoms. The van der Waals surface area contributed by atoms with E-state index in [9.17, 15) is 4.79 Å². The smallest absolute Gasteiger partial charge is 0.257 e. The maximum atomic E-state index is 11.7. The number of halogens is 1. The molecule has 0 fully saturated rings. The van der Waals surface area contributed by atoms with Crippen molar-refractivity contribution in [1.82, 2.24) is 9.97 Å². The number of pyridine rings is 1. The molecule has 3 rings (SSSR count). The number of nitrogens with one attached hydrogen (secondary N) is 2. The highest BCUT2D eigenvalue weighted by Gasteiger charge is 2.17. The molecule has 0 bridgehead atoms. The van der Waals surface area contributed by atoms with Crippen LogP contribution in [-0.2, 0) is 6.42 Å². The largest absolute Gasteiger partial charge is 0.358 e. The molecule has 1 atom stereocenters. The van der Waals surface area contributed by atoms with E-state index in [2.05, 4.69) is 9.97 Å². The minimum Gasteiger partial charge on any atom is -0.358 e. The number of aromatic nitrogens is 2. The van der Waals surface area contributed by atoms with Gasteiger partial charge in [0.05, 0.1) is 16.3 Å². The number of alkyl halides is 1. The topological polar surface area (TPSA) is 48.6 Å². The standard InChI is InChI=1S/C11H9ClN2O/c12-6-1-2-7-9(5-6)14-8-3-4-13-11(15)10(7)8/h1-4,6,14H,5H2,(H,13,15). The van der Waals surface area contributed by atoms with Crippen molar-refractivity contribution in [2.75, 3.05) is 0 Å². The summed E-state index contributed by atoms with van der Waals surface area (Å²) in [5.74, 6) is 0. The van der Waals surface area contributed by atoms with Crippen molar-refractivity contribution in [1.29, 1.82) is 0 Å². The van der Waals surface area contributed by atoms with Crippen LogP contribution in [0.4, 0.5) is 0 Å². The molecule has 0 saturated heterocycles. The lowest BCUT2D eigenvalue weighted by molar-refractivity contribution is 0.958. The summed E-state index contributed by atoms with van der Waals surface area (Å²) < 4.78 is 0. The predicted molar refractivity (Wildman–Crippen MR) is 61.3 cm³/mol. The average molecular weight is 221 g/mol. The van der Waals surface area contributed by atoms with Crippen LogP contribution >= 0.6 is 11.6 Å². The zero-order valence-corrected chi connectivity index (χ0v) is 8.64. The molecule has 0 amide bonds. The van der Waals surface area contributed by atoms with Gasteiger partial charge in [0, 0.05) is 23.9 Å². The van der Waals surface area contributed by atoms with Crippen LogP contribution in [0.1, 0.15) is 11.3 Å². The summed E-state index contributed by atoms with van der Waals surface area (Å²) in [5, 5.41) is 0.747. The van der Waals surface area contributed by atoms with E-state index >= 15 is 0 Å². The molecule has 2 heterocycles. The molecule has 1 aliphatic carbocycles. The van der Waals surface area contributed by atoms with Gasteiger partial charge in [-0.25, -0.2) is 0 Å². The predicted octanol–water partition coefficient (Wildman–Crippen LogP) is 2.03. The minimum atomic E-state index is -0.0531. The Labute approximate surface area is 90.8 Å². The second-order valence-corrected chi connectivity index (χ2v) is 4.25. The number of hydrogen-bond acceptors (Lipinski definition) is 1. The maximum Gasteiger partial charge on any atom is 0.257 e. The van der Waals surface area contributed by atoms with E-state index < -0.39 is 0 Å². The van der Waals surface area contributed by atoms with Crippen LogP contribution in [0.15, 0.2) is 23.1 Å². The maximum absolute atomic E-state index is 11.7. The number of fused-ring (bicyclic) bond motifs is 3. The van der Waals surface area contributed by atoms with Gasteiger partial charge in [-0.2, -0.15) is 0 Å². The van der Waals surface area contributed by atoms with Gasteiger partial charge in [0.1, 0.15) is 0 Å². The first-order chi connectivity index (χ1) is 7.25. The van der Waals surface area contributed by atoms with E-state index in [0.29, 0.717) is 0 Å². The van der Waals surface area contributed by atoms with E-state index in [0.717, 1.165) is 28.6 Å². The second kappa shape index (κ2) is 3.00. The molecule has 0 saturated carbocycles. The van der Waals surface area contributed by atoms with Crippen molar-refractivity contribution >= 4 is 28.6 Å². The second-order valence-electron chi connectivity index (χ2n) is 3.69. The van der Waals surface area contributed by atoms with Gasteiger partial charge in [-0.3, -0.25) is 4.79 Å². The van der Waals surface area contributed by atoms with Gasteiger partial charge in [0.15, 0.2) is 0 Å². The quantitative estimate of drug-likeness (QED) is 0.656. The van der Waals surface area contributed by atoms with Crippen LogP contribution in [0, 0.1) is 0 Å². The van der Waals surface area contributed by atoms with Gasteiger partial charge in [-0.1, -0.05) is 12.2 Å². The van der Waals surface area contributed by atoms with E-state index in [4.69, 9.17) is 11.6 Å². The zero-order chi connectivity index (χ0) is 10.4. The molecule has 0 aliphatic heterocycles. The van der Waals surface area contributed by atoms with E-state index in [1.165, 1.54) is 0 Å². The Morgan fingerprint density at radius 1 is 1.47 bits per heavy atom. The van der Waals surface area contributed by atoms with Crippen molar-refractivity contribution in [2.45, 2.75) is 11.8 Å². The van der Waals surface area contributed by atoms with Crippen LogP contribution in [0.2, 0.25) is 0 Å². The molecule has 2 N–H and O–H groups in total. The normalized spacial score (nSPS) is 19.4. The fourth-order valence-corrected chi connectivity index (χ4v) is 2.27. The van der Waals surface area contributed by atoms with Crippen molar-refractivity contribution in [3.63, 3.8) is 0 Å². The SMILES string of the molecule is O=c1[nH]ccc2[nH]c3c(c12)C=CC(Cl)C3. The van der Waals surface area contributed by atoms with E-state index in [1.54, 1.807) is 6.20 Å². The number of hydrogen-bond donors (Lipinski definition) is 2. The fraction of sp³-hybridized carbons (Fsp3) is 0.182. The number of allylic oxidation sites excluding steroid dienone is 1. The number of rotatable bonds is 0. The number of aromatic amines is 2.